The number of ether oxygens (including phenoxy) is 2. The van der Waals surface area contributed by atoms with Gasteiger partial charge >= 0.3 is 0 Å². The molecule has 1 saturated heterocycles. The Bertz CT molecular complexity index is 112. The fourth-order valence-electron chi connectivity index (χ4n) is 0.481. The van der Waals surface area contributed by atoms with Crippen molar-refractivity contribution in [2.75, 3.05) is 13.2 Å². The van der Waals surface area contributed by atoms with Crippen LogP contribution in [-0.4, -0.2) is 22.7 Å². The minimum atomic E-state index is -0.341. The molecule has 0 amide bonds. The van der Waals surface area contributed by atoms with Gasteiger partial charge in [0.2, 0.25) is 0 Å². The SMILES string of the molecule is CCC(Br)(Br)OCC1CO1. The molecule has 4 heteroatoms. The molecule has 1 aliphatic rings. The van der Waals surface area contributed by atoms with Gasteiger partial charge in [-0.15, -0.1) is 0 Å². The van der Waals surface area contributed by atoms with Gasteiger partial charge in [0.15, 0.2) is 3.42 Å². The van der Waals surface area contributed by atoms with E-state index in [-0.39, 0.29) is 3.42 Å². The van der Waals surface area contributed by atoms with E-state index in [4.69, 9.17) is 9.47 Å². The van der Waals surface area contributed by atoms with Crippen LogP contribution in [0.3, 0.4) is 0 Å². The fraction of sp³-hybridized carbons (Fsp3) is 1.00. The van der Waals surface area contributed by atoms with Gasteiger partial charge in [-0.3, -0.25) is 0 Å². The Kier molecular flexibility index (Phi) is 3.16. The normalized spacial score (nSPS) is 24.9. The quantitative estimate of drug-likeness (QED) is 0.579. The predicted molar refractivity (Wildman–Crippen MR) is 46.6 cm³/mol. The Morgan fingerprint density at radius 2 is 2.30 bits per heavy atom. The van der Waals surface area contributed by atoms with Crippen molar-refractivity contribution in [2.45, 2.75) is 22.9 Å². The third-order valence-corrected chi connectivity index (χ3v) is 2.87. The highest BCUT2D eigenvalue weighted by Crippen LogP contribution is 2.32. The Hall–Kier alpha value is 0.880. The number of epoxide rings is 1. The maximum Gasteiger partial charge on any atom is 0.177 e. The maximum absolute atomic E-state index is 5.41. The lowest BCUT2D eigenvalue weighted by molar-refractivity contribution is 0.0823. The van der Waals surface area contributed by atoms with Crippen LogP contribution in [0.4, 0.5) is 0 Å². The van der Waals surface area contributed by atoms with Gasteiger partial charge in [-0.2, -0.15) is 0 Å². The standard InChI is InChI=1S/C6H10Br2O2/c1-2-6(7,8)10-4-5-3-9-5/h5H,2-4H2,1H3. The average molecular weight is 274 g/mol. The van der Waals surface area contributed by atoms with Crippen molar-refractivity contribution in [3.05, 3.63) is 0 Å². The molecule has 0 aliphatic carbocycles. The molecule has 1 fully saturated rings. The van der Waals surface area contributed by atoms with E-state index in [2.05, 4.69) is 31.9 Å². The van der Waals surface area contributed by atoms with E-state index < -0.39 is 0 Å². The molecule has 0 aromatic heterocycles. The van der Waals surface area contributed by atoms with E-state index >= 15 is 0 Å². The van der Waals surface area contributed by atoms with Crippen molar-refractivity contribution in [1.29, 1.82) is 0 Å². The van der Waals surface area contributed by atoms with Crippen LogP contribution < -0.4 is 0 Å². The van der Waals surface area contributed by atoms with Crippen LogP contribution in [0, 0.1) is 0 Å². The first-order valence-electron chi connectivity index (χ1n) is 3.27. The van der Waals surface area contributed by atoms with Crippen molar-refractivity contribution in [3.8, 4) is 0 Å². The molecule has 1 rings (SSSR count). The third-order valence-electron chi connectivity index (χ3n) is 1.29. The van der Waals surface area contributed by atoms with Gasteiger partial charge in [0.25, 0.3) is 0 Å². The predicted octanol–water partition coefficient (Wildman–Crippen LogP) is 2.26. The number of alkyl halides is 2. The summed E-state index contributed by atoms with van der Waals surface area (Å²) in [5.41, 5.74) is 0. The lowest BCUT2D eigenvalue weighted by Gasteiger charge is -2.17. The highest BCUT2D eigenvalue weighted by Gasteiger charge is 2.28. The van der Waals surface area contributed by atoms with Crippen molar-refractivity contribution in [2.24, 2.45) is 0 Å². The molecule has 1 atom stereocenters. The van der Waals surface area contributed by atoms with Crippen LogP contribution in [0.15, 0.2) is 0 Å². The van der Waals surface area contributed by atoms with E-state index in [1.807, 2.05) is 6.92 Å². The van der Waals surface area contributed by atoms with Crippen molar-refractivity contribution in [3.63, 3.8) is 0 Å². The summed E-state index contributed by atoms with van der Waals surface area (Å²) < 4.78 is 10.1. The van der Waals surface area contributed by atoms with Crippen molar-refractivity contribution in [1.82, 2.24) is 0 Å². The Labute approximate surface area is 77.5 Å². The second kappa shape index (κ2) is 3.52. The number of hydrogen-bond donors (Lipinski definition) is 0. The monoisotopic (exact) mass is 272 g/mol. The average Bonchev–Trinajstić information content (AvgIpc) is 2.66. The van der Waals surface area contributed by atoms with E-state index in [0.717, 1.165) is 13.0 Å². The summed E-state index contributed by atoms with van der Waals surface area (Å²) >= 11 is 6.75. The molecule has 1 unspecified atom stereocenters. The zero-order valence-electron chi connectivity index (χ0n) is 5.77. The molecule has 0 radical (unpaired) electrons. The zero-order valence-corrected chi connectivity index (χ0v) is 8.94. The lowest BCUT2D eigenvalue weighted by atomic mass is 10.5. The van der Waals surface area contributed by atoms with Gasteiger partial charge < -0.3 is 9.47 Å². The maximum atomic E-state index is 5.41. The summed E-state index contributed by atoms with van der Waals surface area (Å²) in [6.45, 7) is 3.56. The van der Waals surface area contributed by atoms with Crippen LogP contribution in [0.2, 0.25) is 0 Å². The molecule has 0 N–H and O–H groups in total. The Morgan fingerprint density at radius 3 is 2.70 bits per heavy atom. The fourth-order valence-corrected chi connectivity index (χ4v) is 0.746. The summed E-state index contributed by atoms with van der Waals surface area (Å²) in [5, 5.41) is 0. The van der Waals surface area contributed by atoms with Gasteiger partial charge in [-0.1, -0.05) is 6.92 Å². The summed E-state index contributed by atoms with van der Waals surface area (Å²) in [7, 11) is 0. The molecule has 0 spiro atoms. The summed E-state index contributed by atoms with van der Waals surface area (Å²) in [4.78, 5) is 0. The number of halogens is 2. The molecule has 0 aromatic carbocycles. The highest BCUT2D eigenvalue weighted by molar-refractivity contribution is 9.25. The van der Waals surface area contributed by atoms with Gasteiger partial charge in [0.05, 0.1) is 13.2 Å². The van der Waals surface area contributed by atoms with Crippen LogP contribution in [-0.2, 0) is 9.47 Å². The number of rotatable bonds is 4. The minimum absolute atomic E-state index is 0.334. The smallest absolute Gasteiger partial charge is 0.177 e. The summed E-state index contributed by atoms with van der Waals surface area (Å²) in [6, 6.07) is 0. The van der Waals surface area contributed by atoms with Crippen molar-refractivity contribution < 1.29 is 9.47 Å². The van der Waals surface area contributed by atoms with Crippen LogP contribution >= 0.6 is 31.9 Å². The first-order chi connectivity index (χ1) is 4.64. The first kappa shape index (κ1) is 8.97. The molecule has 2 nitrogen and oxygen atoms in total. The van der Waals surface area contributed by atoms with Gasteiger partial charge in [0.1, 0.15) is 6.10 Å². The second-order valence-corrected chi connectivity index (χ2v) is 5.88. The van der Waals surface area contributed by atoms with E-state index in [1.54, 1.807) is 0 Å². The van der Waals surface area contributed by atoms with E-state index in [1.165, 1.54) is 0 Å². The minimum Gasteiger partial charge on any atom is -0.371 e. The Morgan fingerprint density at radius 1 is 1.70 bits per heavy atom. The Balaban J connectivity index is 2.09. The lowest BCUT2D eigenvalue weighted by Crippen LogP contribution is -2.18. The van der Waals surface area contributed by atoms with Gasteiger partial charge in [0, 0.05) is 0 Å². The molecule has 10 heavy (non-hydrogen) atoms. The molecular weight excluding hydrogens is 264 g/mol. The zero-order chi connectivity index (χ0) is 7.61. The molecule has 1 heterocycles. The third kappa shape index (κ3) is 3.32. The van der Waals surface area contributed by atoms with Crippen LogP contribution in [0.1, 0.15) is 13.3 Å². The summed E-state index contributed by atoms with van der Waals surface area (Å²) in [6.07, 6.45) is 1.22. The second-order valence-electron chi connectivity index (χ2n) is 2.26. The van der Waals surface area contributed by atoms with Crippen LogP contribution in [0.5, 0.6) is 0 Å². The molecule has 0 saturated carbocycles. The molecule has 0 aromatic rings. The van der Waals surface area contributed by atoms with Crippen molar-refractivity contribution >= 4 is 31.9 Å². The molecular formula is C6H10Br2O2. The van der Waals surface area contributed by atoms with E-state index in [0.29, 0.717) is 12.7 Å². The largest absolute Gasteiger partial charge is 0.371 e. The molecule has 1 aliphatic heterocycles. The number of hydrogen-bond acceptors (Lipinski definition) is 2. The summed E-state index contributed by atoms with van der Waals surface area (Å²) in [5.74, 6) is 0. The molecule has 0 bridgehead atoms. The van der Waals surface area contributed by atoms with Crippen LogP contribution in [0.25, 0.3) is 0 Å². The van der Waals surface area contributed by atoms with E-state index in [9.17, 15) is 0 Å². The molecule has 60 valence electrons. The van der Waals surface area contributed by atoms with Gasteiger partial charge in [-0.05, 0) is 38.3 Å². The topological polar surface area (TPSA) is 21.8 Å². The first-order valence-corrected chi connectivity index (χ1v) is 4.86. The highest BCUT2D eigenvalue weighted by atomic mass is 79.9. The van der Waals surface area contributed by atoms with Gasteiger partial charge in [-0.25, -0.2) is 0 Å².